The van der Waals surface area contributed by atoms with Crippen LogP contribution in [0.2, 0.25) is 5.02 Å². The minimum Gasteiger partial charge on any atom is -0.393 e. The molecule has 1 aromatic heterocycles. The van der Waals surface area contributed by atoms with Crippen LogP contribution in [-0.2, 0) is 6.54 Å². The lowest BCUT2D eigenvalue weighted by Crippen LogP contribution is -2.36. The van der Waals surface area contributed by atoms with E-state index in [0.29, 0.717) is 6.54 Å². The van der Waals surface area contributed by atoms with Crippen molar-refractivity contribution in [3.8, 4) is 0 Å². The zero-order valence-electron chi connectivity index (χ0n) is 15.6. The highest BCUT2D eigenvalue weighted by Crippen LogP contribution is 2.32. The number of aryl methyl sites for hydroxylation is 1. The standard InChI is InChI=1S/C21H22BrClN4O/c1-13-2-3-14(10-19(13)23)12-24-20-18-11-15(22)4-5-17(18)21(26-25-20)27-8-6-16(28)7-9-27/h2-5,10-11,16,28H,6-9,12H2,1H3,(H,24,25). The number of halogens is 2. The molecule has 146 valence electrons. The van der Waals surface area contributed by atoms with Gasteiger partial charge >= 0.3 is 0 Å². The van der Waals surface area contributed by atoms with Gasteiger partial charge in [-0.3, -0.25) is 0 Å². The van der Waals surface area contributed by atoms with Crippen molar-refractivity contribution in [3.63, 3.8) is 0 Å². The molecule has 2 heterocycles. The van der Waals surface area contributed by atoms with Crippen LogP contribution < -0.4 is 10.2 Å². The van der Waals surface area contributed by atoms with Gasteiger partial charge in [0.15, 0.2) is 11.6 Å². The topological polar surface area (TPSA) is 61.3 Å². The first-order valence-corrected chi connectivity index (χ1v) is 10.6. The summed E-state index contributed by atoms with van der Waals surface area (Å²) in [6.45, 7) is 4.19. The van der Waals surface area contributed by atoms with Gasteiger partial charge in [-0.1, -0.05) is 39.7 Å². The summed E-state index contributed by atoms with van der Waals surface area (Å²) in [5, 5.41) is 25.0. The highest BCUT2D eigenvalue weighted by Gasteiger charge is 2.21. The molecule has 1 fully saturated rings. The summed E-state index contributed by atoms with van der Waals surface area (Å²) in [4.78, 5) is 2.21. The second kappa shape index (κ2) is 8.23. The molecule has 1 saturated heterocycles. The number of rotatable bonds is 4. The number of hydrogen-bond acceptors (Lipinski definition) is 5. The number of nitrogens with zero attached hydrogens (tertiary/aromatic N) is 3. The van der Waals surface area contributed by atoms with Crippen molar-refractivity contribution in [1.82, 2.24) is 10.2 Å². The van der Waals surface area contributed by atoms with Crippen molar-refractivity contribution < 1.29 is 5.11 Å². The van der Waals surface area contributed by atoms with E-state index in [9.17, 15) is 5.11 Å². The van der Waals surface area contributed by atoms with E-state index in [2.05, 4.69) is 54.5 Å². The Hall–Kier alpha value is -1.89. The maximum absolute atomic E-state index is 9.79. The minimum absolute atomic E-state index is 0.216. The molecule has 28 heavy (non-hydrogen) atoms. The number of aromatic nitrogens is 2. The largest absolute Gasteiger partial charge is 0.393 e. The van der Waals surface area contributed by atoms with Gasteiger partial charge in [0.25, 0.3) is 0 Å². The summed E-state index contributed by atoms with van der Waals surface area (Å²) in [5.41, 5.74) is 2.16. The van der Waals surface area contributed by atoms with Gasteiger partial charge in [0.2, 0.25) is 0 Å². The molecule has 0 bridgehead atoms. The SMILES string of the molecule is Cc1ccc(CNc2nnc(N3CCC(O)CC3)c3ccc(Br)cc23)cc1Cl. The van der Waals surface area contributed by atoms with Gasteiger partial charge in [-0.05, 0) is 55.2 Å². The minimum atomic E-state index is -0.216. The molecule has 0 unspecified atom stereocenters. The molecule has 2 aromatic carbocycles. The third-order valence-corrected chi connectivity index (χ3v) is 6.08. The van der Waals surface area contributed by atoms with Crippen LogP contribution in [0, 0.1) is 6.92 Å². The maximum atomic E-state index is 9.79. The van der Waals surface area contributed by atoms with Crippen LogP contribution in [0.4, 0.5) is 11.6 Å². The number of anilines is 2. The third kappa shape index (κ3) is 4.09. The van der Waals surface area contributed by atoms with Crippen LogP contribution in [0.1, 0.15) is 24.0 Å². The summed E-state index contributed by atoms with van der Waals surface area (Å²) in [7, 11) is 0. The van der Waals surface area contributed by atoms with E-state index in [1.165, 1.54) is 0 Å². The third-order valence-electron chi connectivity index (χ3n) is 5.18. The quantitative estimate of drug-likeness (QED) is 0.577. The molecule has 0 atom stereocenters. The first-order chi connectivity index (χ1) is 13.5. The molecular formula is C21H22BrClN4O. The second-order valence-corrected chi connectivity index (χ2v) is 8.54. The normalized spacial score (nSPS) is 15.2. The molecule has 1 aliphatic rings. The Morgan fingerprint density at radius 3 is 2.68 bits per heavy atom. The lowest BCUT2D eigenvalue weighted by Gasteiger charge is -2.31. The van der Waals surface area contributed by atoms with Gasteiger partial charge in [0, 0.05) is 39.9 Å². The van der Waals surface area contributed by atoms with Crippen LogP contribution >= 0.6 is 27.5 Å². The zero-order chi connectivity index (χ0) is 19.7. The first-order valence-electron chi connectivity index (χ1n) is 9.39. The highest BCUT2D eigenvalue weighted by molar-refractivity contribution is 9.10. The fourth-order valence-corrected chi connectivity index (χ4v) is 4.05. The van der Waals surface area contributed by atoms with Crippen LogP contribution in [0.3, 0.4) is 0 Å². The Morgan fingerprint density at radius 2 is 1.93 bits per heavy atom. The van der Waals surface area contributed by atoms with E-state index in [1.807, 2.05) is 25.1 Å². The molecular weight excluding hydrogens is 440 g/mol. The average molecular weight is 462 g/mol. The Labute approximate surface area is 177 Å². The van der Waals surface area contributed by atoms with Gasteiger partial charge in [-0.2, -0.15) is 0 Å². The molecule has 4 rings (SSSR count). The van der Waals surface area contributed by atoms with Gasteiger partial charge in [-0.15, -0.1) is 10.2 Å². The molecule has 2 N–H and O–H groups in total. The molecule has 7 heteroatoms. The predicted molar refractivity (Wildman–Crippen MR) is 118 cm³/mol. The van der Waals surface area contributed by atoms with Gasteiger partial charge in [0.05, 0.1) is 6.10 Å². The Morgan fingerprint density at radius 1 is 1.14 bits per heavy atom. The van der Waals surface area contributed by atoms with E-state index < -0.39 is 0 Å². The van der Waals surface area contributed by atoms with E-state index in [0.717, 1.165) is 69.0 Å². The van der Waals surface area contributed by atoms with Gasteiger partial charge in [0.1, 0.15) is 0 Å². The summed E-state index contributed by atoms with van der Waals surface area (Å²) in [5.74, 6) is 1.62. The highest BCUT2D eigenvalue weighted by atomic mass is 79.9. The molecule has 1 aliphatic heterocycles. The number of piperidine rings is 1. The van der Waals surface area contributed by atoms with Crippen molar-refractivity contribution in [3.05, 3.63) is 57.0 Å². The number of benzene rings is 2. The molecule has 0 aliphatic carbocycles. The van der Waals surface area contributed by atoms with Crippen LogP contribution in [0.5, 0.6) is 0 Å². The molecule has 0 amide bonds. The van der Waals surface area contributed by atoms with Crippen LogP contribution in [-0.4, -0.2) is 34.5 Å². The van der Waals surface area contributed by atoms with Gasteiger partial charge in [-0.25, -0.2) is 0 Å². The Kier molecular flexibility index (Phi) is 5.71. The summed E-state index contributed by atoms with van der Waals surface area (Å²) < 4.78 is 0.995. The number of nitrogens with one attached hydrogen (secondary N) is 1. The Bertz CT molecular complexity index is 1010. The lowest BCUT2D eigenvalue weighted by atomic mass is 10.1. The van der Waals surface area contributed by atoms with E-state index in [4.69, 9.17) is 11.6 Å². The Balaban J connectivity index is 1.64. The number of aliphatic hydroxyl groups is 1. The van der Waals surface area contributed by atoms with Crippen LogP contribution in [0.25, 0.3) is 10.8 Å². The van der Waals surface area contributed by atoms with E-state index in [-0.39, 0.29) is 6.10 Å². The molecule has 3 aromatic rings. The van der Waals surface area contributed by atoms with Crippen molar-refractivity contribution in [2.24, 2.45) is 0 Å². The van der Waals surface area contributed by atoms with Crippen molar-refractivity contribution in [1.29, 1.82) is 0 Å². The monoisotopic (exact) mass is 460 g/mol. The molecule has 0 spiro atoms. The molecule has 5 nitrogen and oxygen atoms in total. The summed E-state index contributed by atoms with van der Waals surface area (Å²) in [6.07, 6.45) is 1.30. The summed E-state index contributed by atoms with van der Waals surface area (Å²) >= 11 is 9.81. The average Bonchev–Trinajstić information content (AvgIpc) is 2.69. The number of aliphatic hydroxyl groups excluding tert-OH is 1. The van der Waals surface area contributed by atoms with E-state index >= 15 is 0 Å². The zero-order valence-corrected chi connectivity index (χ0v) is 18.0. The number of fused-ring (bicyclic) bond motifs is 1. The van der Waals surface area contributed by atoms with Crippen LogP contribution in [0.15, 0.2) is 40.9 Å². The van der Waals surface area contributed by atoms with Gasteiger partial charge < -0.3 is 15.3 Å². The van der Waals surface area contributed by atoms with E-state index in [1.54, 1.807) is 0 Å². The lowest BCUT2D eigenvalue weighted by molar-refractivity contribution is 0.145. The second-order valence-electron chi connectivity index (χ2n) is 7.22. The summed E-state index contributed by atoms with van der Waals surface area (Å²) in [6, 6.07) is 12.2. The molecule has 0 saturated carbocycles. The van der Waals surface area contributed by atoms with Crippen molar-refractivity contribution in [2.75, 3.05) is 23.3 Å². The predicted octanol–water partition coefficient (Wildman–Crippen LogP) is 4.93. The maximum Gasteiger partial charge on any atom is 0.159 e. The fourth-order valence-electron chi connectivity index (χ4n) is 3.49. The van der Waals surface area contributed by atoms with Crippen molar-refractivity contribution in [2.45, 2.75) is 32.4 Å². The first kappa shape index (κ1) is 19.4. The van der Waals surface area contributed by atoms with Crippen molar-refractivity contribution >= 4 is 49.9 Å². The molecule has 0 radical (unpaired) electrons. The smallest absolute Gasteiger partial charge is 0.159 e. The number of hydrogen-bond donors (Lipinski definition) is 2. The fraction of sp³-hybridized carbons (Fsp3) is 0.333.